The van der Waals surface area contributed by atoms with Gasteiger partial charge >= 0.3 is 0 Å². The van der Waals surface area contributed by atoms with Crippen molar-refractivity contribution in [2.24, 2.45) is 0 Å². The Labute approximate surface area is 235 Å². The Morgan fingerprint density at radius 2 is 0.515 bits per heavy atom. The van der Waals surface area contributed by atoms with E-state index in [2.05, 4.69) is 69.2 Å². The maximum absolute atomic E-state index is 5.44. The zero-order chi connectivity index (χ0) is 25.2. The van der Waals surface area contributed by atoms with Crippen LogP contribution in [-0.2, 0) is 67.0 Å². The van der Waals surface area contributed by atoms with Crippen LogP contribution < -0.4 is 0 Å². The maximum atomic E-state index is 5.44. The number of benzene rings is 2. The van der Waals surface area contributed by atoms with Crippen LogP contribution in [0.1, 0.15) is 80.6 Å². The zero-order valence-corrected chi connectivity index (χ0v) is 26.2. The monoisotopic (exact) mass is 558 g/mol. The quantitative estimate of drug-likeness (QED) is 0.270. The molecule has 0 spiro atoms. The van der Waals surface area contributed by atoms with Gasteiger partial charge in [0.2, 0.25) is 0 Å². The number of hydrogen-bond donors (Lipinski definition) is 0. The Morgan fingerprint density at radius 3 is 0.667 bits per heavy atom. The molecule has 186 valence electrons. The minimum atomic E-state index is 0. The van der Waals surface area contributed by atoms with E-state index in [0.29, 0.717) is 0 Å². The summed E-state index contributed by atoms with van der Waals surface area (Å²) in [5.41, 5.74) is 15.5. The van der Waals surface area contributed by atoms with Crippen molar-refractivity contribution in [3.8, 4) is 0 Å². The molecule has 0 radical (unpaired) electrons. The van der Waals surface area contributed by atoms with Gasteiger partial charge in [-0.15, -0.1) is 0 Å². The minimum Gasteiger partial charge on any atom is -0.785 e. The van der Waals surface area contributed by atoms with Crippen molar-refractivity contribution in [2.45, 2.75) is 83.1 Å². The van der Waals surface area contributed by atoms with Crippen LogP contribution in [0.3, 0.4) is 0 Å². The van der Waals surface area contributed by atoms with E-state index in [0.717, 1.165) is 19.6 Å². The van der Waals surface area contributed by atoms with Crippen molar-refractivity contribution in [1.29, 1.82) is 0 Å². The van der Waals surface area contributed by atoms with Gasteiger partial charge in [0.05, 0.1) is 0 Å². The first-order chi connectivity index (χ1) is 14.6. The number of allylic oxidation sites excluding steroid dienone is 2. The van der Waals surface area contributed by atoms with Gasteiger partial charge in [0.15, 0.2) is 0 Å². The summed E-state index contributed by atoms with van der Waals surface area (Å²) < 4.78 is 0. The first kappa shape index (κ1) is 32.3. The molecule has 0 amide bonds. The molecule has 2 rings (SSSR count). The summed E-state index contributed by atoms with van der Waals surface area (Å²) in [4.78, 5) is 3.28. The Balaban J connectivity index is 0.000000602. The van der Waals surface area contributed by atoms with Gasteiger partial charge in [-0.2, -0.15) is 9.81 Å². The van der Waals surface area contributed by atoms with Gasteiger partial charge in [0.25, 0.3) is 0 Å². The van der Waals surface area contributed by atoms with Crippen LogP contribution in [0.15, 0.2) is 9.81 Å². The van der Waals surface area contributed by atoms with E-state index < -0.39 is 0 Å². The summed E-state index contributed by atoms with van der Waals surface area (Å²) in [6.07, 6.45) is 0. The molecule has 2 aromatic rings. The normalized spacial score (nSPS) is 12.2. The van der Waals surface area contributed by atoms with Gasteiger partial charge in [0, 0.05) is 16.5 Å². The minimum absolute atomic E-state index is 0. The Hall–Kier alpha value is -0.706. The second-order valence-corrected chi connectivity index (χ2v) is 10.8. The van der Waals surface area contributed by atoms with Crippen molar-refractivity contribution in [3.63, 3.8) is 0 Å². The summed E-state index contributed by atoms with van der Waals surface area (Å²) in [6, 6.07) is 0. The molecule has 0 atom stereocenters. The molecule has 0 aliphatic heterocycles. The van der Waals surface area contributed by atoms with Crippen LogP contribution in [0.2, 0.25) is 0 Å². The second kappa shape index (κ2) is 12.8. The predicted molar refractivity (Wildman–Crippen MR) is 155 cm³/mol. The van der Waals surface area contributed by atoms with Crippen molar-refractivity contribution in [1.82, 2.24) is 0 Å². The van der Waals surface area contributed by atoms with Gasteiger partial charge in [0.1, 0.15) is 0 Å². The SMILES string of the molecule is C/C([S-])=C(/[S-])c1c(C)c(C)c(C)c(C)c1C.C/C([S-])=C(/[S-])c1c(C)c(C)c(C)c(C)c1C.[Ni]. The molecule has 0 nitrogen and oxygen atoms in total. The molecule has 0 aliphatic carbocycles. The fraction of sp³-hybridized carbons (Fsp3) is 0.429. The van der Waals surface area contributed by atoms with Crippen molar-refractivity contribution >= 4 is 60.3 Å². The fourth-order valence-corrected chi connectivity index (χ4v) is 4.85. The number of hydrogen-bond acceptors (Lipinski definition) is 4. The van der Waals surface area contributed by atoms with Gasteiger partial charge in [-0.05, 0) is 136 Å². The maximum Gasteiger partial charge on any atom is 0 e. The van der Waals surface area contributed by atoms with E-state index in [4.69, 9.17) is 50.5 Å². The Kier molecular flexibility index (Phi) is 12.6. The van der Waals surface area contributed by atoms with Crippen LogP contribution in [0, 0.1) is 69.2 Å². The largest absolute Gasteiger partial charge is 0.785 e. The fourth-order valence-electron chi connectivity index (χ4n) is 4.03. The molecule has 0 heterocycles. The summed E-state index contributed by atoms with van der Waals surface area (Å²) in [7, 11) is 0. The average Bonchev–Trinajstić information content (AvgIpc) is 2.73. The van der Waals surface area contributed by atoms with Gasteiger partial charge < -0.3 is 50.5 Å². The summed E-state index contributed by atoms with van der Waals surface area (Å²) in [6.45, 7) is 25.3. The van der Waals surface area contributed by atoms with Gasteiger partial charge in [-0.3, -0.25) is 0 Å². The molecule has 0 saturated heterocycles. The first-order valence-electron chi connectivity index (χ1n) is 10.8. The van der Waals surface area contributed by atoms with E-state index in [1.807, 2.05) is 13.8 Å². The number of rotatable bonds is 2. The third-order valence-corrected chi connectivity index (χ3v) is 8.78. The molecular weight excluding hydrogens is 523 g/mol. The third kappa shape index (κ3) is 6.70. The molecule has 2 aromatic carbocycles. The van der Waals surface area contributed by atoms with E-state index in [1.54, 1.807) is 0 Å². The Morgan fingerprint density at radius 1 is 0.364 bits per heavy atom. The van der Waals surface area contributed by atoms with Crippen LogP contribution in [0.25, 0.3) is 9.81 Å². The van der Waals surface area contributed by atoms with Gasteiger partial charge in [-0.1, -0.05) is 13.8 Å². The summed E-state index contributed by atoms with van der Waals surface area (Å²) >= 11 is 21.3. The van der Waals surface area contributed by atoms with Crippen LogP contribution in [-0.4, -0.2) is 0 Å². The molecule has 0 bridgehead atoms. The molecular formula is C28H36NiS4-4. The summed E-state index contributed by atoms with van der Waals surface area (Å²) in [5.74, 6) is 0. The van der Waals surface area contributed by atoms with E-state index in [9.17, 15) is 0 Å². The van der Waals surface area contributed by atoms with Crippen molar-refractivity contribution in [2.75, 3.05) is 0 Å². The molecule has 0 N–H and O–H groups in total. The van der Waals surface area contributed by atoms with Crippen molar-refractivity contribution in [3.05, 3.63) is 76.6 Å². The van der Waals surface area contributed by atoms with Crippen molar-refractivity contribution < 1.29 is 16.5 Å². The molecule has 0 aromatic heterocycles. The molecule has 0 aliphatic rings. The Bertz CT molecular complexity index is 966. The van der Waals surface area contributed by atoms with E-state index in [1.165, 1.54) is 66.8 Å². The van der Waals surface area contributed by atoms with E-state index in [-0.39, 0.29) is 16.5 Å². The smallest absolute Gasteiger partial charge is 0 e. The molecule has 0 unspecified atom stereocenters. The average molecular weight is 560 g/mol. The second-order valence-electron chi connectivity index (χ2n) is 8.77. The summed E-state index contributed by atoms with van der Waals surface area (Å²) in [5, 5.41) is 0. The van der Waals surface area contributed by atoms with Crippen LogP contribution >= 0.6 is 0 Å². The van der Waals surface area contributed by atoms with Crippen LogP contribution in [0.5, 0.6) is 0 Å². The topological polar surface area (TPSA) is 0 Å². The standard InChI is InChI=1S/2C14H20S2.Ni/c2*1-7-8(2)10(4)13(11(5)9(7)3)14(16)12(6)15;/h2*15-16H,1-6H3;/p-4/b2*14-12-;. The van der Waals surface area contributed by atoms with Gasteiger partial charge in [-0.25, -0.2) is 9.81 Å². The third-order valence-electron chi connectivity index (χ3n) is 7.09. The van der Waals surface area contributed by atoms with E-state index >= 15 is 0 Å². The molecule has 33 heavy (non-hydrogen) atoms. The zero-order valence-electron chi connectivity index (χ0n) is 21.9. The molecule has 0 fully saturated rings. The molecule has 5 heteroatoms. The first-order valence-corrected chi connectivity index (χ1v) is 12.4. The predicted octanol–water partition coefficient (Wildman–Crippen LogP) is 8.02. The van der Waals surface area contributed by atoms with Crippen LogP contribution in [0.4, 0.5) is 0 Å². The molecule has 0 saturated carbocycles.